The molecule has 0 amide bonds. The Morgan fingerprint density at radius 1 is 1.33 bits per heavy atom. The summed E-state index contributed by atoms with van der Waals surface area (Å²) >= 11 is 0. The van der Waals surface area contributed by atoms with E-state index < -0.39 is 8.69 Å². The standard InChI is InChI=1S/C2H6FO2P/c1-4-6(3)5-2/h1-2H3. The molecule has 4 heteroatoms. The first-order valence-corrected chi connectivity index (χ1v) is 2.42. The summed E-state index contributed by atoms with van der Waals surface area (Å²) < 4.78 is 19.6. The van der Waals surface area contributed by atoms with Crippen LogP contribution in [0.5, 0.6) is 0 Å². The van der Waals surface area contributed by atoms with Gasteiger partial charge in [0.2, 0.25) is 0 Å². The maximum absolute atomic E-state index is 11.5. The van der Waals surface area contributed by atoms with Gasteiger partial charge in [0, 0.05) is 14.2 Å². The minimum atomic E-state index is -2.08. The molecule has 0 aliphatic heterocycles. The van der Waals surface area contributed by atoms with E-state index in [0.717, 1.165) is 0 Å². The predicted molar refractivity (Wildman–Crippen MR) is 22.0 cm³/mol. The summed E-state index contributed by atoms with van der Waals surface area (Å²) in [6.07, 6.45) is 0. The van der Waals surface area contributed by atoms with Gasteiger partial charge >= 0.3 is 8.69 Å². The minimum absolute atomic E-state index is 1.26. The maximum Gasteiger partial charge on any atom is 0.374 e. The van der Waals surface area contributed by atoms with Gasteiger partial charge in [0.1, 0.15) is 0 Å². The SMILES string of the molecule is COP(F)OC. The molecule has 0 saturated carbocycles. The molecule has 0 aromatic heterocycles. The summed E-state index contributed by atoms with van der Waals surface area (Å²) in [6, 6.07) is 0. The van der Waals surface area contributed by atoms with Crippen LogP contribution in [0.15, 0.2) is 0 Å². The van der Waals surface area contributed by atoms with Crippen LogP contribution < -0.4 is 0 Å². The zero-order valence-electron chi connectivity index (χ0n) is 3.64. The maximum atomic E-state index is 11.5. The Morgan fingerprint density at radius 3 is 1.67 bits per heavy atom. The van der Waals surface area contributed by atoms with Crippen molar-refractivity contribution in [1.29, 1.82) is 0 Å². The van der Waals surface area contributed by atoms with E-state index in [2.05, 4.69) is 9.05 Å². The Labute approximate surface area is 37.3 Å². The van der Waals surface area contributed by atoms with E-state index in [0.29, 0.717) is 0 Å². The number of halogens is 1. The van der Waals surface area contributed by atoms with Gasteiger partial charge in [-0.2, -0.15) is 4.20 Å². The van der Waals surface area contributed by atoms with Crippen LogP contribution in [-0.4, -0.2) is 14.2 Å². The van der Waals surface area contributed by atoms with Crippen molar-refractivity contribution in [2.45, 2.75) is 0 Å². The van der Waals surface area contributed by atoms with Crippen LogP contribution in [0.2, 0.25) is 0 Å². The van der Waals surface area contributed by atoms with Crippen LogP contribution in [0.3, 0.4) is 0 Å². The van der Waals surface area contributed by atoms with Gasteiger partial charge in [-0.25, -0.2) is 0 Å². The summed E-state index contributed by atoms with van der Waals surface area (Å²) in [5.41, 5.74) is 0. The van der Waals surface area contributed by atoms with E-state index >= 15 is 0 Å². The second-order valence-corrected chi connectivity index (χ2v) is 1.73. The zero-order chi connectivity index (χ0) is 4.99. The Hall–Kier alpha value is 0.280. The van der Waals surface area contributed by atoms with Gasteiger partial charge in [-0.1, -0.05) is 0 Å². The average Bonchev–Trinajstić information content (AvgIpc) is 1.65. The van der Waals surface area contributed by atoms with Gasteiger partial charge in [-0.15, -0.1) is 0 Å². The lowest BCUT2D eigenvalue weighted by Crippen LogP contribution is -1.70. The van der Waals surface area contributed by atoms with E-state index in [9.17, 15) is 4.20 Å². The summed E-state index contributed by atoms with van der Waals surface area (Å²) in [7, 11) is 0.442. The molecule has 0 aliphatic carbocycles. The monoisotopic (exact) mass is 112 g/mol. The number of hydrogen-bond donors (Lipinski definition) is 0. The summed E-state index contributed by atoms with van der Waals surface area (Å²) in [5, 5.41) is 0. The molecule has 0 aliphatic rings. The van der Waals surface area contributed by atoms with Crippen molar-refractivity contribution in [3.8, 4) is 0 Å². The van der Waals surface area contributed by atoms with Crippen LogP contribution >= 0.6 is 8.69 Å². The molecular weight excluding hydrogens is 106 g/mol. The van der Waals surface area contributed by atoms with E-state index in [-0.39, 0.29) is 0 Å². The first kappa shape index (κ1) is 6.28. The highest BCUT2D eigenvalue weighted by Gasteiger charge is 1.98. The Morgan fingerprint density at radius 2 is 1.67 bits per heavy atom. The highest BCUT2D eigenvalue weighted by Crippen LogP contribution is 2.36. The van der Waals surface area contributed by atoms with Gasteiger partial charge < -0.3 is 9.05 Å². The predicted octanol–water partition coefficient (Wildman–Crippen LogP) is 1.48. The zero-order valence-corrected chi connectivity index (χ0v) is 4.54. The van der Waals surface area contributed by atoms with Gasteiger partial charge in [-0.3, -0.25) is 0 Å². The molecule has 0 aromatic carbocycles. The molecule has 0 saturated heterocycles. The second-order valence-electron chi connectivity index (χ2n) is 0.578. The largest absolute Gasteiger partial charge is 0.374 e. The Kier molecular flexibility index (Phi) is 3.63. The second kappa shape index (κ2) is 3.47. The molecule has 0 aromatic rings. The smallest absolute Gasteiger partial charge is 0.312 e. The van der Waals surface area contributed by atoms with Crippen molar-refractivity contribution in [3.63, 3.8) is 0 Å². The molecule has 0 bridgehead atoms. The number of hydrogen-bond acceptors (Lipinski definition) is 2. The molecule has 38 valence electrons. The minimum Gasteiger partial charge on any atom is -0.312 e. The van der Waals surface area contributed by atoms with Crippen LogP contribution in [0.1, 0.15) is 0 Å². The molecule has 0 N–H and O–H groups in total. The molecular formula is C2H6FO2P. The lowest BCUT2D eigenvalue weighted by Gasteiger charge is -1.95. The molecule has 0 radical (unpaired) electrons. The van der Waals surface area contributed by atoms with Gasteiger partial charge in [0.25, 0.3) is 0 Å². The molecule has 0 atom stereocenters. The van der Waals surface area contributed by atoms with Crippen LogP contribution in [0.4, 0.5) is 4.20 Å². The lowest BCUT2D eigenvalue weighted by molar-refractivity contribution is 0.305. The average molecular weight is 112 g/mol. The Bertz CT molecular complexity index is 30.7. The molecule has 0 unspecified atom stereocenters. The fraction of sp³-hybridized carbons (Fsp3) is 1.00. The van der Waals surface area contributed by atoms with Gasteiger partial charge in [-0.05, 0) is 0 Å². The third-order valence-electron chi connectivity index (χ3n) is 0.287. The first-order chi connectivity index (χ1) is 2.81. The fourth-order valence-corrected chi connectivity index (χ4v) is 0.224. The van der Waals surface area contributed by atoms with E-state index in [1.165, 1.54) is 14.2 Å². The molecule has 0 spiro atoms. The van der Waals surface area contributed by atoms with Crippen molar-refractivity contribution in [3.05, 3.63) is 0 Å². The van der Waals surface area contributed by atoms with Crippen LogP contribution in [0.25, 0.3) is 0 Å². The van der Waals surface area contributed by atoms with Gasteiger partial charge in [0.15, 0.2) is 0 Å². The number of rotatable bonds is 2. The molecule has 6 heavy (non-hydrogen) atoms. The fourth-order valence-electron chi connectivity index (χ4n) is 0.0745. The van der Waals surface area contributed by atoms with Crippen LogP contribution in [-0.2, 0) is 9.05 Å². The van der Waals surface area contributed by atoms with Crippen molar-refractivity contribution < 1.29 is 13.2 Å². The van der Waals surface area contributed by atoms with E-state index in [4.69, 9.17) is 0 Å². The first-order valence-electron chi connectivity index (χ1n) is 1.35. The highest BCUT2D eigenvalue weighted by molar-refractivity contribution is 7.41. The Balaban J connectivity index is 2.75. The van der Waals surface area contributed by atoms with Gasteiger partial charge in [0.05, 0.1) is 0 Å². The lowest BCUT2D eigenvalue weighted by atomic mass is 11.8. The summed E-state index contributed by atoms with van der Waals surface area (Å²) in [4.78, 5) is 0. The molecule has 0 heterocycles. The third-order valence-corrected chi connectivity index (χ3v) is 0.861. The third kappa shape index (κ3) is 2.51. The summed E-state index contributed by atoms with van der Waals surface area (Å²) in [5.74, 6) is 0. The topological polar surface area (TPSA) is 18.5 Å². The van der Waals surface area contributed by atoms with Crippen LogP contribution in [0, 0.1) is 0 Å². The molecule has 0 fully saturated rings. The van der Waals surface area contributed by atoms with Crippen molar-refractivity contribution in [2.75, 3.05) is 14.2 Å². The van der Waals surface area contributed by atoms with E-state index in [1.54, 1.807) is 0 Å². The molecule has 0 rings (SSSR count). The quantitative estimate of drug-likeness (QED) is 0.503. The molecule has 2 nitrogen and oxygen atoms in total. The normalized spacial score (nSPS) is 10.0. The van der Waals surface area contributed by atoms with Crippen molar-refractivity contribution in [2.24, 2.45) is 0 Å². The van der Waals surface area contributed by atoms with Crippen molar-refractivity contribution in [1.82, 2.24) is 0 Å². The van der Waals surface area contributed by atoms with E-state index in [1.807, 2.05) is 0 Å². The summed E-state index contributed by atoms with van der Waals surface area (Å²) in [6.45, 7) is 0. The van der Waals surface area contributed by atoms with Crippen molar-refractivity contribution >= 4 is 8.69 Å². The highest BCUT2D eigenvalue weighted by atomic mass is 31.2.